The molecule has 0 spiro atoms. The van der Waals surface area contributed by atoms with Gasteiger partial charge in [-0.3, -0.25) is 0 Å². The second kappa shape index (κ2) is 1.65. The highest BCUT2D eigenvalue weighted by Crippen LogP contribution is 1.87. The molecule has 1 nitrogen and oxygen atoms in total. The lowest BCUT2D eigenvalue weighted by atomic mass is 10.5. The molecule has 0 fully saturated rings. The zero-order valence-electron chi connectivity index (χ0n) is 5.22. The minimum atomic E-state index is -0.806. The van der Waals surface area contributed by atoms with Crippen LogP contribution < -0.4 is 0 Å². The summed E-state index contributed by atoms with van der Waals surface area (Å²) >= 11 is 0. The van der Waals surface area contributed by atoms with Crippen molar-refractivity contribution in [2.24, 2.45) is 0 Å². The van der Waals surface area contributed by atoms with Crippen LogP contribution in [0.5, 0.6) is 0 Å². The number of hydrogen-bond donors (Lipinski definition) is 0. The van der Waals surface area contributed by atoms with Gasteiger partial charge >= 0.3 is 0 Å². The van der Waals surface area contributed by atoms with Crippen LogP contribution in [-0.2, 0) is 4.74 Å². The van der Waals surface area contributed by atoms with Gasteiger partial charge in [-0.05, 0) is 12.1 Å². The first-order chi connectivity index (χ1) is 3.80. The van der Waals surface area contributed by atoms with E-state index in [1.807, 2.05) is 0 Å². The van der Waals surface area contributed by atoms with Crippen molar-refractivity contribution in [3.8, 4) is 0 Å². The van der Waals surface area contributed by atoms with Gasteiger partial charge in [0.05, 0.1) is 9.00 Å². The largest absolute Gasteiger partial charge is 0.497 e. The molecule has 32 valence electrons. The summed E-state index contributed by atoms with van der Waals surface area (Å²) < 4.78 is 18.5. The molecule has 1 rings (SSSR count). The fraction of sp³-hybridized carbons (Fsp3) is 0.200. The lowest BCUT2D eigenvalue weighted by Gasteiger charge is -1.94. The molecule has 0 amide bonds. The minimum Gasteiger partial charge on any atom is -0.497 e. The number of ether oxygens (including phenoxy) is 1. The third kappa shape index (κ3) is 0.612. The van der Waals surface area contributed by atoms with Crippen LogP contribution in [0.2, 0.25) is 0 Å². The second-order valence-corrected chi connectivity index (χ2v) is 0.916. The highest BCUT2D eigenvalue weighted by molar-refractivity contribution is 5.02. The maximum atomic E-state index is 6.98. The summed E-state index contributed by atoms with van der Waals surface area (Å²) in [7, 11) is 0. The van der Waals surface area contributed by atoms with Gasteiger partial charge in [0.1, 0.15) is 6.58 Å². The molecule has 0 aromatic rings. The Morgan fingerprint density at radius 2 is 2.83 bits per heavy atom. The SMILES string of the molecule is [2H]C1=CC=COC1[2H]. The Labute approximate surface area is 39.7 Å². The molecule has 1 atom stereocenters. The van der Waals surface area contributed by atoms with E-state index in [1.165, 1.54) is 6.26 Å². The summed E-state index contributed by atoms with van der Waals surface area (Å²) in [6, 6.07) is 0.201. The number of allylic oxidation sites excluding steroid dienone is 2. The summed E-state index contributed by atoms with van der Waals surface area (Å²) in [6.45, 7) is -0.806. The normalized spacial score (nSPS) is 36.0. The van der Waals surface area contributed by atoms with E-state index >= 15 is 0 Å². The molecular weight excluding hydrogens is 76.1 g/mol. The highest BCUT2D eigenvalue weighted by Gasteiger charge is 1.75. The summed E-state index contributed by atoms with van der Waals surface area (Å²) in [4.78, 5) is 0. The lowest BCUT2D eigenvalue weighted by molar-refractivity contribution is 0.286. The average Bonchev–Trinajstić information content (AvgIpc) is 1.77. The number of rotatable bonds is 0. The fourth-order valence-electron chi connectivity index (χ4n) is 0.258. The Balaban J connectivity index is 2.66. The lowest BCUT2D eigenvalue weighted by Crippen LogP contribution is -1.82. The molecule has 0 radical (unpaired) electrons. The first kappa shape index (κ1) is 1.82. The fourth-order valence-corrected chi connectivity index (χ4v) is 0.258. The van der Waals surface area contributed by atoms with Crippen LogP contribution >= 0.6 is 0 Å². The quantitative estimate of drug-likeness (QED) is 0.427. The zero-order chi connectivity index (χ0) is 5.98. The van der Waals surface area contributed by atoms with Crippen molar-refractivity contribution < 1.29 is 7.48 Å². The van der Waals surface area contributed by atoms with Crippen molar-refractivity contribution in [2.45, 2.75) is 0 Å². The van der Waals surface area contributed by atoms with Gasteiger partial charge in [-0.1, -0.05) is 6.08 Å². The Morgan fingerprint density at radius 3 is 3.33 bits per heavy atom. The van der Waals surface area contributed by atoms with Crippen molar-refractivity contribution in [3.63, 3.8) is 0 Å². The Bertz CT molecular complexity index is 139. The summed E-state index contributed by atoms with van der Waals surface area (Å²) in [6.07, 6.45) is 4.56. The minimum absolute atomic E-state index is 0.201. The highest BCUT2D eigenvalue weighted by atomic mass is 16.5. The van der Waals surface area contributed by atoms with Crippen LogP contribution in [0.15, 0.2) is 24.5 Å². The van der Waals surface area contributed by atoms with Gasteiger partial charge in [0.25, 0.3) is 0 Å². The zero-order valence-corrected chi connectivity index (χ0v) is 3.22. The van der Waals surface area contributed by atoms with Gasteiger partial charge in [0.2, 0.25) is 0 Å². The van der Waals surface area contributed by atoms with Gasteiger partial charge in [-0.15, -0.1) is 0 Å². The summed E-state index contributed by atoms with van der Waals surface area (Å²) in [5.41, 5.74) is 0. The third-order valence-electron chi connectivity index (χ3n) is 0.486. The molecule has 1 heterocycles. The summed E-state index contributed by atoms with van der Waals surface area (Å²) in [5.74, 6) is 0. The van der Waals surface area contributed by atoms with Gasteiger partial charge in [-0.25, -0.2) is 0 Å². The molecule has 0 aromatic heterocycles. The molecule has 0 saturated heterocycles. The topological polar surface area (TPSA) is 9.23 Å². The molecule has 1 aliphatic heterocycles. The van der Waals surface area contributed by atoms with Crippen molar-refractivity contribution in [3.05, 3.63) is 24.5 Å². The predicted octanol–water partition coefficient (Wildman–Crippen LogP) is 1.09. The van der Waals surface area contributed by atoms with E-state index in [2.05, 4.69) is 4.74 Å². The van der Waals surface area contributed by atoms with E-state index in [1.54, 1.807) is 12.2 Å². The first-order valence-electron chi connectivity index (χ1n) is 2.79. The molecule has 6 heavy (non-hydrogen) atoms. The van der Waals surface area contributed by atoms with Crippen LogP contribution in [-0.4, -0.2) is 6.58 Å². The molecule has 0 N–H and O–H groups in total. The Hall–Kier alpha value is -0.720. The van der Waals surface area contributed by atoms with Crippen molar-refractivity contribution >= 4 is 0 Å². The average molecular weight is 84.1 g/mol. The van der Waals surface area contributed by atoms with E-state index in [4.69, 9.17) is 2.74 Å². The smallest absolute Gasteiger partial charge is 0.106 e. The van der Waals surface area contributed by atoms with Crippen LogP contribution in [0.3, 0.4) is 0 Å². The van der Waals surface area contributed by atoms with Crippen molar-refractivity contribution in [1.29, 1.82) is 0 Å². The van der Waals surface area contributed by atoms with Crippen LogP contribution in [0.4, 0.5) is 0 Å². The Kier molecular flexibility index (Phi) is 0.502. The van der Waals surface area contributed by atoms with Gasteiger partial charge in [0.15, 0.2) is 0 Å². The predicted molar refractivity (Wildman–Crippen MR) is 24.2 cm³/mol. The number of hydrogen-bond acceptors (Lipinski definition) is 1. The molecule has 0 aromatic carbocycles. The maximum Gasteiger partial charge on any atom is 0.106 e. The van der Waals surface area contributed by atoms with E-state index < -0.39 is 6.58 Å². The van der Waals surface area contributed by atoms with Gasteiger partial charge in [0, 0.05) is 0 Å². The van der Waals surface area contributed by atoms with E-state index in [9.17, 15) is 0 Å². The monoisotopic (exact) mass is 84.1 g/mol. The van der Waals surface area contributed by atoms with Gasteiger partial charge < -0.3 is 4.74 Å². The molecule has 0 saturated carbocycles. The third-order valence-corrected chi connectivity index (χ3v) is 0.486. The van der Waals surface area contributed by atoms with Crippen molar-refractivity contribution in [1.82, 2.24) is 0 Å². The molecule has 0 bridgehead atoms. The van der Waals surface area contributed by atoms with Crippen molar-refractivity contribution in [2.75, 3.05) is 6.58 Å². The van der Waals surface area contributed by atoms with E-state index in [0.29, 0.717) is 0 Å². The molecule has 1 aliphatic rings. The maximum absolute atomic E-state index is 6.98. The van der Waals surface area contributed by atoms with Gasteiger partial charge in [-0.2, -0.15) is 0 Å². The first-order valence-corrected chi connectivity index (χ1v) is 1.72. The van der Waals surface area contributed by atoms with E-state index in [0.717, 1.165) is 0 Å². The second-order valence-electron chi connectivity index (χ2n) is 0.916. The van der Waals surface area contributed by atoms with Crippen LogP contribution in [0, 0.1) is 0 Å². The molecular formula is C5H6O. The van der Waals surface area contributed by atoms with Crippen LogP contribution in [0.1, 0.15) is 2.74 Å². The molecule has 0 aliphatic carbocycles. The van der Waals surface area contributed by atoms with E-state index in [-0.39, 0.29) is 6.05 Å². The standard InChI is InChI=1S/C5H6O/c1-2-4-6-5-3-1/h1-4H,5H2/i3D,5D. The molecule has 1 unspecified atom stereocenters. The Morgan fingerprint density at radius 1 is 1.83 bits per heavy atom. The van der Waals surface area contributed by atoms with Crippen LogP contribution in [0.25, 0.3) is 0 Å². The molecule has 1 heteroatoms. The summed E-state index contributed by atoms with van der Waals surface area (Å²) in [5, 5.41) is 0.